The molecule has 0 unspecified atom stereocenters. The van der Waals surface area contributed by atoms with Gasteiger partial charge in [0.2, 0.25) is 0 Å². The van der Waals surface area contributed by atoms with Crippen molar-refractivity contribution in [1.29, 1.82) is 0 Å². The fraction of sp³-hybridized carbons (Fsp3) is 0.579. The van der Waals surface area contributed by atoms with Crippen molar-refractivity contribution in [2.45, 2.75) is 52.0 Å². The summed E-state index contributed by atoms with van der Waals surface area (Å²) in [5.74, 6) is 0.579. The van der Waals surface area contributed by atoms with Crippen LogP contribution < -0.4 is 0 Å². The lowest BCUT2D eigenvalue weighted by Crippen LogP contribution is -2.25. The fourth-order valence-corrected chi connectivity index (χ4v) is 5.10. The maximum atomic E-state index is 6.02. The van der Waals surface area contributed by atoms with Crippen molar-refractivity contribution in [2.75, 3.05) is 13.2 Å². The third-order valence-electron chi connectivity index (χ3n) is 4.20. The first-order chi connectivity index (χ1) is 10.8. The van der Waals surface area contributed by atoms with Gasteiger partial charge in [-0.2, -0.15) is 0 Å². The molecule has 0 atom stereocenters. The zero-order valence-electron chi connectivity index (χ0n) is 14.1. The van der Waals surface area contributed by atoms with Crippen molar-refractivity contribution >= 4 is 9.28 Å². The molecule has 0 aromatic carbocycles. The lowest BCUT2D eigenvalue weighted by molar-refractivity contribution is 0.195. The third kappa shape index (κ3) is 5.38. The Morgan fingerprint density at radius 1 is 0.955 bits per heavy atom. The fourth-order valence-electron chi connectivity index (χ4n) is 3.07. The van der Waals surface area contributed by atoms with Gasteiger partial charge >= 0.3 is 9.28 Å². The zero-order valence-corrected chi connectivity index (χ0v) is 15.2. The van der Waals surface area contributed by atoms with Crippen LogP contribution in [0.2, 0.25) is 6.04 Å². The Bertz CT molecular complexity index is 410. The largest absolute Gasteiger partial charge is 0.397 e. The average molecular weight is 319 g/mol. The van der Waals surface area contributed by atoms with Gasteiger partial charge in [0, 0.05) is 19.1 Å². The molecule has 0 saturated carbocycles. The predicted octanol–water partition coefficient (Wildman–Crippen LogP) is 4.84. The number of hydrogen-bond donors (Lipinski definition) is 0. The van der Waals surface area contributed by atoms with Crippen molar-refractivity contribution < 1.29 is 8.85 Å². The summed E-state index contributed by atoms with van der Waals surface area (Å²) in [6.45, 7) is 6.02. The number of hydrogen-bond acceptors (Lipinski definition) is 2. The highest BCUT2D eigenvalue weighted by Gasteiger charge is 2.23. The van der Waals surface area contributed by atoms with Gasteiger partial charge in [-0.1, -0.05) is 61.4 Å². The summed E-state index contributed by atoms with van der Waals surface area (Å²) in [5.41, 5.74) is 3.13. The van der Waals surface area contributed by atoms with E-state index in [4.69, 9.17) is 8.85 Å². The molecule has 0 bridgehead atoms. The average Bonchev–Trinajstić information content (AvgIpc) is 3.23. The number of rotatable bonds is 11. The van der Waals surface area contributed by atoms with Gasteiger partial charge < -0.3 is 8.85 Å². The molecule has 2 aliphatic carbocycles. The molecular weight excluding hydrogens is 288 g/mol. The molecule has 2 rings (SSSR count). The van der Waals surface area contributed by atoms with E-state index in [0.717, 1.165) is 44.9 Å². The van der Waals surface area contributed by atoms with E-state index in [9.17, 15) is 0 Å². The van der Waals surface area contributed by atoms with Crippen molar-refractivity contribution in [3.05, 3.63) is 47.6 Å². The third-order valence-corrected chi connectivity index (χ3v) is 6.22. The highest BCUT2D eigenvalue weighted by Crippen LogP contribution is 2.34. The van der Waals surface area contributed by atoms with Crippen molar-refractivity contribution in [2.24, 2.45) is 5.92 Å². The molecule has 0 fully saturated rings. The Kier molecular flexibility index (Phi) is 7.92. The van der Waals surface area contributed by atoms with Crippen LogP contribution in [0, 0.1) is 5.92 Å². The maximum absolute atomic E-state index is 6.02. The lowest BCUT2D eigenvalue weighted by Gasteiger charge is -2.23. The molecule has 0 radical (unpaired) electrons. The SMILES string of the molecule is CCCO[SiH](CCC(C1=CC=CC1)C1=CC=CC1)OCCC. The van der Waals surface area contributed by atoms with E-state index < -0.39 is 9.28 Å². The van der Waals surface area contributed by atoms with Gasteiger partial charge in [0.25, 0.3) is 0 Å². The van der Waals surface area contributed by atoms with E-state index in [1.165, 1.54) is 6.42 Å². The monoisotopic (exact) mass is 318 g/mol. The Hall–Kier alpha value is -0.903. The predicted molar refractivity (Wildman–Crippen MR) is 96.2 cm³/mol. The number of allylic oxidation sites excluding steroid dienone is 8. The quantitative estimate of drug-likeness (QED) is 0.508. The van der Waals surface area contributed by atoms with Crippen LogP contribution in [0.25, 0.3) is 0 Å². The smallest absolute Gasteiger partial charge is 0.321 e. The van der Waals surface area contributed by atoms with Gasteiger partial charge in [0.1, 0.15) is 0 Å². The van der Waals surface area contributed by atoms with E-state index in [1.54, 1.807) is 11.1 Å². The molecule has 0 heterocycles. The summed E-state index contributed by atoms with van der Waals surface area (Å²) < 4.78 is 12.0. The second-order valence-electron chi connectivity index (χ2n) is 6.05. The minimum atomic E-state index is -1.51. The van der Waals surface area contributed by atoms with Crippen LogP contribution in [0.15, 0.2) is 47.6 Å². The molecule has 0 aliphatic heterocycles. The first kappa shape index (κ1) is 17.5. The molecule has 0 aromatic heterocycles. The van der Waals surface area contributed by atoms with Gasteiger partial charge in [-0.15, -0.1) is 0 Å². The molecule has 2 nitrogen and oxygen atoms in total. The Morgan fingerprint density at radius 3 is 1.91 bits per heavy atom. The summed E-state index contributed by atoms with van der Waals surface area (Å²) >= 11 is 0. The summed E-state index contributed by atoms with van der Waals surface area (Å²) in [6, 6.07) is 1.11. The Balaban J connectivity index is 1.90. The van der Waals surface area contributed by atoms with Gasteiger partial charge in [0.05, 0.1) is 0 Å². The minimum Gasteiger partial charge on any atom is -0.397 e. The molecule has 0 spiro atoms. The lowest BCUT2D eigenvalue weighted by atomic mass is 9.87. The zero-order chi connectivity index (χ0) is 15.6. The summed E-state index contributed by atoms with van der Waals surface area (Å²) in [4.78, 5) is 0. The second-order valence-corrected chi connectivity index (χ2v) is 8.15. The first-order valence-corrected chi connectivity index (χ1v) is 10.6. The molecular formula is C19H30O2Si. The topological polar surface area (TPSA) is 18.5 Å². The standard InChI is InChI=1S/C19H30O2Si/c1-3-14-20-22(21-15-4-2)16-13-19(17-9-5-6-10-17)18-11-7-8-12-18/h5-9,11,19,22H,3-4,10,12-16H2,1-2H3. The first-order valence-electron chi connectivity index (χ1n) is 8.79. The van der Waals surface area contributed by atoms with E-state index in [2.05, 4.69) is 50.3 Å². The highest BCUT2D eigenvalue weighted by molar-refractivity contribution is 6.44. The van der Waals surface area contributed by atoms with Crippen LogP contribution in [-0.4, -0.2) is 22.5 Å². The van der Waals surface area contributed by atoms with Crippen LogP contribution in [0.4, 0.5) is 0 Å². The molecule has 0 amide bonds. The molecule has 0 N–H and O–H groups in total. The summed E-state index contributed by atoms with van der Waals surface area (Å²) in [5, 5.41) is 0. The molecule has 0 aromatic rings. The van der Waals surface area contributed by atoms with Crippen LogP contribution in [0.5, 0.6) is 0 Å². The summed E-state index contributed by atoms with van der Waals surface area (Å²) in [7, 11) is -1.51. The van der Waals surface area contributed by atoms with E-state index in [0.29, 0.717) is 5.92 Å². The Labute approximate surface area is 137 Å². The van der Waals surface area contributed by atoms with Crippen LogP contribution in [0.3, 0.4) is 0 Å². The minimum absolute atomic E-state index is 0.579. The van der Waals surface area contributed by atoms with E-state index >= 15 is 0 Å². The Morgan fingerprint density at radius 2 is 1.50 bits per heavy atom. The van der Waals surface area contributed by atoms with Gasteiger partial charge in [-0.3, -0.25) is 0 Å². The van der Waals surface area contributed by atoms with Gasteiger partial charge in [0.15, 0.2) is 0 Å². The van der Waals surface area contributed by atoms with Crippen molar-refractivity contribution in [1.82, 2.24) is 0 Å². The van der Waals surface area contributed by atoms with Crippen LogP contribution in [-0.2, 0) is 8.85 Å². The summed E-state index contributed by atoms with van der Waals surface area (Å²) in [6.07, 6.45) is 19.1. The highest BCUT2D eigenvalue weighted by atomic mass is 28.3. The van der Waals surface area contributed by atoms with E-state index in [-0.39, 0.29) is 0 Å². The molecule has 22 heavy (non-hydrogen) atoms. The van der Waals surface area contributed by atoms with E-state index in [1.807, 2.05) is 0 Å². The molecule has 3 heteroatoms. The second kappa shape index (κ2) is 9.98. The van der Waals surface area contributed by atoms with Crippen LogP contribution in [0.1, 0.15) is 46.0 Å². The molecule has 2 aliphatic rings. The van der Waals surface area contributed by atoms with Gasteiger partial charge in [-0.05, 0) is 38.1 Å². The maximum Gasteiger partial charge on any atom is 0.321 e. The van der Waals surface area contributed by atoms with Crippen molar-refractivity contribution in [3.8, 4) is 0 Å². The van der Waals surface area contributed by atoms with Crippen LogP contribution >= 0.6 is 0 Å². The van der Waals surface area contributed by atoms with Crippen molar-refractivity contribution in [3.63, 3.8) is 0 Å². The normalized spacial score (nSPS) is 16.9. The molecule has 0 saturated heterocycles. The van der Waals surface area contributed by atoms with Gasteiger partial charge in [-0.25, -0.2) is 0 Å². The molecule has 122 valence electrons.